The van der Waals surface area contributed by atoms with Crippen LogP contribution in [0.5, 0.6) is 5.75 Å². The maximum atomic E-state index is 9.96. The smallest absolute Gasteiger partial charge is 0.138 e. The third kappa shape index (κ3) is 3.24. The summed E-state index contributed by atoms with van der Waals surface area (Å²) in [5, 5.41) is 14.0. The molecule has 0 spiro atoms. The number of hydrogen-bond donors (Lipinski definition) is 2. The summed E-state index contributed by atoms with van der Waals surface area (Å²) in [5.41, 5.74) is 3.72. The van der Waals surface area contributed by atoms with Crippen LogP contribution in [-0.2, 0) is 13.1 Å². The molecule has 0 amide bonds. The molecule has 3 aromatic carbocycles. The van der Waals surface area contributed by atoms with Gasteiger partial charge in [-0.1, -0.05) is 54.1 Å². The summed E-state index contributed by atoms with van der Waals surface area (Å²) in [5.74, 6) is 1.11. The molecule has 0 aliphatic heterocycles. The van der Waals surface area contributed by atoms with Crippen molar-refractivity contribution < 1.29 is 5.11 Å². The Kier molecular flexibility index (Phi) is 4.50. The van der Waals surface area contributed by atoms with Crippen molar-refractivity contribution in [1.82, 2.24) is 9.55 Å². The summed E-state index contributed by atoms with van der Waals surface area (Å²) in [6.07, 6.45) is 0. The molecule has 0 aliphatic carbocycles. The third-order valence-electron chi connectivity index (χ3n) is 4.36. The van der Waals surface area contributed by atoms with Crippen LogP contribution in [0.3, 0.4) is 0 Å². The molecule has 26 heavy (non-hydrogen) atoms. The summed E-state index contributed by atoms with van der Waals surface area (Å²) in [7, 11) is 0. The summed E-state index contributed by atoms with van der Waals surface area (Å²) in [6.45, 7) is 1.13. The number of aromatic nitrogens is 2. The molecule has 2 N–H and O–H groups in total. The van der Waals surface area contributed by atoms with Gasteiger partial charge in [-0.3, -0.25) is 0 Å². The first-order chi connectivity index (χ1) is 12.7. The third-order valence-corrected chi connectivity index (χ3v) is 4.73. The first-order valence-corrected chi connectivity index (χ1v) is 8.79. The topological polar surface area (TPSA) is 50.1 Å². The molecule has 4 aromatic rings. The molecule has 0 saturated heterocycles. The van der Waals surface area contributed by atoms with E-state index in [1.165, 1.54) is 0 Å². The zero-order valence-corrected chi connectivity index (χ0v) is 14.8. The summed E-state index contributed by atoms with van der Waals surface area (Å²) in [6, 6.07) is 23.1. The number of hydrogen-bond acceptors (Lipinski definition) is 3. The molecular formula is C21H18ClN3O. The highest BCUT2D eigenvalue weighted by molar-refractivity contribution is 6.31. The Labute approximate surface area is 156 Å². The molecule has 4 nitrogen and oxygen atoms in total. The molecule has 4 rings (SSSR count). The first kappa shape index (κ1) is 16.5. The van der Waals surface area contributed by atoms with Gasteiger partial charge in [-0.15, -0.1) is 0 Å². The van der Waals surface area contributed by atoms with Crippen LogP contribution in [0.25, 0.3) is 11.0 Å². The average molecular weight is 364 g/mol. The summed E-state index contributed by atoms with van der Waals surface area (Å²) in [4.78, 5) is 4.76. The Morgan fingerprint density at radius 3 is 2.50 bits per heavy atom. The molecule has 0 saturated carbocycles. The average Bonchev–Trinajstić information content (AvgIpc) is 3.01. The van der Waals surface area contributed by atoms with Gasteiger partial charge in [-0.25, -0.2) is 4.98 Å². The van der Waals surface area contributed by atoms with Crippen molar-refractivity contribution in [3.05, 3.63) is 89.2 Å². The van der Waals surface area contributed by atoms with Gasteiger partial charge in [-0.05, 0) is 35.9 Å². The SMILES string of the molecule is Oc1ccccc1NCc1nc2ccccc2n1Cc1ccccc1Cl. The molecule has 1 aromatic heterocycles. The van der Waals surface area contributed by atoms with Gasteiger partial charge in [0.05, 0.1) is 29.8 Å². The standard InChI is InChI=1S/C21H18ClN3O/c22-16-8-2-1-7-15(16)14-25-19-11-5-3-9-17(19)24-21(25)13-23-18-10-4-6-12-20(18)26/h1-12,23,26H,13-14H2. The Bertz CT molecular complexity index is 1060. The Hall–Kier alpha value is -2.98. The Morgan fingerprint density at radius 2 is 1.65 bits per heavy atom. The lowest BCUT2D eigenvalue weighted by Crippen LogP contribution is -2.10. The number of nitrogens with one attached hydrogen (secondary N) is 1. The molecule has 0 aliphatic rings. The number of phenols is 1. The van der Waals surface area contributed by atoms with Crippen molar-refractivity contribution in [1.29, 1.82) is 0 Å². The van der Waals surface area contributed by atoms with Crippen LogP contribution in [0.1, 0.15) is 11.4 Å². The van der Waals surface area contributed by atoms with E-state index in [0.717, 1.165) is 27.4 Å². The zero-order chi connectivity index (χ0) is 17.9. The molecule has 5 heteroatoms. The predicted octanol–water partition coefficient (Wildman–Crippen LogP) is 5.06. The second-order valence-electron chi connectivity index (χ2n) is 6.07. The van der Waals surface area contributed by atoms with E-state index in [1.807, 2.05) is 54.6 Å². The van der Waals surface area contributed by atoms with E-state index in [9.17, 15) is 5.11 Å². The monoisotopic (exact) mass is 363 g/mol. The normalized spacial score (nSPS) is 11.0. The lowest BCUT2D eigenvalue weighted by molar-refractivity contribution is 0.477. The molecule has 0 radical (unpaired) electrons. The molecule has 130 valence electrons. The summed E-state index contributed by atoms with van der Waals surface area (Å²) >= 11 is 6.36. The van der Waals surface area contributed by atoms with E-state index in [2.05, 4.69) is 16.0 Å². The van der Waals surface area contributed by atoms with E-state index in [0.29, 0.717) is 18.8 Å². The molecule has 0 atom stereocenters. The summed E-state index contributed by atoms with van der Waals surface area (Å²) < 4.78 is 2.16. The number of halogens is 1. The Morgan fingerprint density at radius 1 is 0.923 bits per heavy atom. The number of phenolic OH excluding ortho intramolecular Hbond substituents is 1. The maximum absolute atomic E-state index is 9.96. The fourth-order valence-electron chi connectivity index (χ4n) is 3.03. The van der Waals surface area contributed by atoms with Crippen molar-refractivity contribution >= 4 is 28.3 Å². The predicted molar refractivity (Wildman–Crippen MR) is 106 cm³/mol. The van der Waals surface area contributed by atoms with E-state index in [4.69, 9.17) is 16.6 Å². The number of para-hydroxylation sites is 4. The van der Waals surface area contributed by atoms with Crippen molar-refractivity contribution in [3.63, 3.8) is 0 Å². The second kappa shape index (κ2) is 7.10. The fraction of sp³-hybridized carbons (Fsp3) is 0.0952. The number of rotatable bonds is 5. The van der Waals surface area contributed by atoms with Crippen molar-refractivity contribution in [2.75, 3.05) is 5.32 Å². The number of fused-ring (bicyclic) bond motifs is 1. The van der Waals surface area contributed by atoms with Gasteiger partial charge in [0.1, 0.15) is 11.6 Å². The van der Waals surface area contributed by atoms with Crippen LogP contribution in [0.4, 0.5) is 5.69 Å². The van der Waals surface area contributed by atoms with Crippen LogP contribution >= 0.6 is 11.6 Å². The fourth-order valence-corrected chi connectivity index (χ4v) is 3.23. The van der Waals surface area contributed by atoms with Crippen LogP contribution in [0, 0.1) is 0 Å². The minimum Gasteiger partial charge on any atom is -0.506 e. The number of imidazole rings is 1. The lowest BCUT2D eigenvalue weighted by Gasteiger charge is -2.12. The van der Waals surface area contributed by atoms with Crippen molar-refractivity contribution in [3.8, 4) is 5.75 Å². The lowest BCUT2D eigenvalue weighted by atomic mass is 10.2. The number of anilines is 1. The van der Waals surface area contributed by atoms with E-state index in [-0.39, 0.29) is 5.75 Å². The maximum Gasteiger partial charge on any atom is 0.138 e. The zero-order valence-electron chi connectivity index (χ0n) is 14.1. The molecule has 1 heterocycles. The highest BCUT2D eigenvalue weighted by Gasteiger charge is 2.12. The van der Waals surface area contributed by atoms with Crippen LogP contribution in [0.2, 0.25) is 5.02 Å². The Balaban J connectivity index is 1.70. The van der Waals surface area contributed by atoms with Gasteiger partial charge in [0.2, 0.25) is 0 Å². The van der Waals surface area contributed by atoms with Gasteiger partial charge >= 0.3 is 0 Å². The first-order valence-electron chi connectivity index (χ1n) is 8.42. The highest BCUT2D eigenvalue weighted by atomic mass is 35.5. The number of nitrogens with zero attached hydrogens (tertiary/aromatic N) is 2. The van der Waals surface area contributed by atoms with Gasteiger partial charge in [0.15, 0.2) is 0 Å². The van der Waals surface area contributed by atoms with Crippen molar-refractivity contribution in [2.45, 2.75) is 13.1 Å². The minimum atomic E-state index is 0.223. The van der Waals surface area contributed by atoms with Gasteiger partial charge < -0.3 is 15.0 Å². The van der Waals surface area contributed by atoms with Gasteiger partial charge in [0.25, 0.3) is 0 Å². The van der Waals surface area contributed by atoms with Crippen LogP contribution in [0.15, 0.2) is 72.8 Å². The highest BCUT2D eigenvalue weighted by Crippen LogP contribution is 2.25. The van der Waals surface area contributed by atoms with E-state index in [1.54, 1.807) is 12.1 Å². The molecule has 0 fully saturated rings. The number of benzene rings is 3. The minimum absolute atomic E-state index is 0.223. The largest absolute Gasteiger partial charge is 0.506 e. The van der Waals surface area contributed by atoms with Crippen LogP contribution < -0.4 is 5.32 Å². The molecule has 0 bridgehead atoms. The van der Waals surface area contributed by atoms with E-state index >= 15 is 0 Å². The van der Waals surface area contributed by atoms with Crippen LogP contribution in [-0.4, -0.2) is 14.7 Å². The van der Waals surface area contributed by atoms with Gasteiger partial charge in [0, 0.05) is 5.02 Å². The van der Waals surface area contributed by atoms with Gasteiger partial charge in [-0.2, -0.15) is 0 Å². The molecule has 0 unspecified atom stereocenters. The molecular weight excluding hydrogens is 346 g/mol. The van der Waals surface area contributed by atoms with Crippen molar-refractivity contribution in [2.24, 2.45) is 0 Å². The number of aromatic hydroxyl groups is 1. The van der Waals surface area contributed by atoms with E-state index < -0.39 is 0 Å². The quantitative estimate of drug-likeness (QED) is 0.487. The second-order valence-corrected chi connectivity index (χ2v) is 6.47.